The topological polar surface area (TPSA) is 59.4 Å². The van der Waals surface area contributed by atoms with Crippen molar-refractivity contribution in [2.45, 2.75) is 27.3 Å². The summed E-state index contributed by atoms with van der Waals surface area (Å²) in [6.45, 7) is 9.74. The molecule has 1 unspecified atom stereocenters. The normalized spacial score (nSPS) is 13.7. The van der Waals surface area contributed by atoms with Gasteiger partial charge in [0.1, 0.15) is 0 Å². The van der Waals surface area contributed by atoms with Crippen LogP contribution < -0.4 is 5.73 Å². The van der Waals surface area contributed by atoms with Crippen molar-refractivity contribution in [3.63, 3.8) is 0 Å². The Morgan fingerprint density at radius 1 is 1.47 bits per heavy atom. The minimum absolute atomic E-state index is 0.434. The molecule has 0 aliphatic heterocycles. The highest BCUT2D eigenvalue weighted by molar-refractivity contribution is 5.77. The van der Waals surface area contributed by atoms with Crippen LogP contribution in [0.4, 0.5) is 0 Å². The number of aromatic nitrogens is 2. The second-order valence-electron chi connectivity index (χ2n) is 4.20. The van der Waals surface area contributed by atoms with E-state index in [0.29, 0.717) is 11.9 Å². The van der Waals surface area contributed by atoms with Crippen molar-refractivity contribution in [3.8, 4) is 0 Å². The van der Waals surface area contributed by atoms with Gasteiger partial charge in [-0.25, -0.2) is 0 Å². The molecule has 0 amide bonds. The van der Waals surface area contributed by atoms with Crippen LogP contribution in [0.15, 0.2) is 23.5 Å². The molecule has 0 bridgehead atoms. The first kappa shape index (κ1) is 13.5. The van der Waals surface area contributed by atoms with Crippen molar-refractivity contribution in [1.29, 1.82) is 0 Å². The molecule has 1 aromatic rings. The second kappa shape index (κ2) is 6.93. The zero-order valence-corrected chi connectivity index (χ0v) is 11.0. The Labute approximate surface area is 103 Å². The predicted molar refractivity (Wildman–Crippen MR) is 70.8 cm³/mol. The lowest BCUT2D eigenvalue weighted by Crippen LogP contribution is -2.37. The molecular weight excluding hydrogens is 214 g/mol. The Bertz CT molecular complexity index is 327. The molecule has 0 saturated heterocycles. The molecule has 1 rings (SSSR count). The Kier molecular flexibility index (Phi) is 5.52. The van der Waals surface area contributed by atoms with Gasteiger partial charge in [0.05, 0.1) is 0 Å². The maximum absolute atomic E-state index is 5.91. The number of aliphatic imine (C=N–C) groups is 1. The van der Waals surface area contributed by atoms with E-state index in [2.05, 4.69) is 35.8 Å². The fraction of sp³-hybridized carbons (Fsp3) is 0.667. The van der Waals surface area contributed by atoms with Crippen LogP contribution in [-0.4, -0.2) is 40.3 Å². The standard InChI is InChI=1S/C12H23N5/c1-4-16(5-2)12(13)14-9-11(3)10-17-8-6-7-15-17/h6-8,11H,4-5,9-10H2,1-3H3,(H2,13,14). The van der Waals surface area contributed by atoms with Gasteiger partial charge < -0.3 is 10.6 Å². The zero-order chi connectivity index (χ0) is 12.7. The molecular formula is C12H23N5. The van der Waals surface area contributed by atoms with Gasteiger partial charge in [-0.2, -0.15) is 5.10 Å². The van der Waals surface area contributed by atoms with Crippen LogP contribution in [0, 0.1) is 5.92 Å². The molecule has 0 fully saturated rings. The van der Waals surface area contributed by atoms with Crippen LogP contribution in [0.1, 0.15) is 20.8 Å². The van der Waals surface area contributed by atoms with E-state index >= 15 is 0 Å². The lowest BCUT2D eigenvalue weighted by atomic mass is 10.2. The van der Waals surface area contributed by atoms with Gasteiger partial charge in [0, 0.05) is 38.6 Å². The van der Waals surface area contributed by atoms with Crippen LogP contribution in [-0.2, 0) is 6.54 Å². The lowest BCUT2D eigenvalue weighted by Gasteiger charge is -2.20. The SMILES string of the molecule is CCN(CC)C(N)=NCC(C)Cn1cccn1. The molecule has 0 radical (unpaired) electrons. The number of nitrogens with two attached hydrogens (primary N) is 1. The highest BCUT2D eigenvalue weighted by Crippen LogP contribution is 2.00. The molecule has 0 spiro atoms. The number of nitrogens with zero attached hydrogens (tertiary/aromatic N) is 4. The summed E-state index contributed by atoms with van der Waals surface area (Å²) in [6, 6.07) is 1.93. The Balaban J connectivity index is 2.40. The van der Waals surface area contributed by atoms with Gasteiger partial charge in [-0.05, 0) is 25.8 Å². The average Bonchev–Trinajstić information content (AvgIpc) is 2.81. The first-order valence-electron chi connectivity index (χ1n) is 6.19. The van der Waals surface area contributed by atoms with Crippen molar-refractivity contribution >= 4 is 5.96 Å². The molecule has 0 aliphatic carbocycles. The highest BCUT2D eigenvalue weighted by Gasteiger charge is 2.05. The monoisotopic (exact) mass is 237 g/mol. The lowest BCUT2D eigenvalue weighted by molar-refractivity contribution is 0.438. The van der Waals surface area contributed by atoms with Crippen LogP contribution >= 0.6 is 0 Å². The highest BCUT2D eigenvalue weighted by atomic mass is 15.3. The average molecular weight is 237 g/mol. The molecule has 5 heteroatoms. The fourth-order valence-corrected chi connectivity index (χ4v) is 1.68. The van der Waals surface area contributed by atoms with Crippen LogP contribution in [0.25, 0.3) is 0 Å². The summed E-state index contributed by atoms with van der Waals surface area (Å²) in [5.41, 5.74) is 5.91. The largest absolute Gasteiger partial charge is 0.370 e. The first-order valence-corrected chi connectivity index (χ1v) is 6.19. The molecule has 17 heavy (non-hydrogen) atoms. The molecule has 1 heterocycles. The number of guanidine groups is 1. The van der Waals surface area contributed by atoms with E-state index in [9.17, 15) is 0 Å². The maximum Gasteiger partial charge on any atom is 0.191 e. The van der Waals surface area contributed by atoms with Gasteiger partial charge in [-0.1, -0.05) is 6.92 Å². The van der Waals surface area contributed by atoms with E-state index in [1.807, 2.05) is 16.9 Å². The third kappa shape index (κ3) is 4.46. The second-order valence-corrected chi connectivity index (χ2v) is 4.20. The molecule has 2 N–H and O–H groups in total. The van der Waals surface area contributed by atoms with Gasteiger partial charge in [-0.3, -0.25) is 9.67 Å². The van der Waals surface area contributed by atoms with Gasteiger partial charge in [0.15, 0.2) is 5.96 Å². The first-order chi connectivity index (χ1) is 8.17. The molecule has 1 atom stereocenters. The van der Waals surface area contributed by atoms with Crippen molar-refractivity contribution in [2.24, 2.45) is 16.6 Å². The zero-order valence-electron chi connectivity index (χ0n) is 11.0. The third-order valence-corrected chi connectivity index (χ3v) is 2.71. The number of hydrogen-bond acceptors (Lipinski definition) is 2. The maximum atomic E-state index is 5.91. The molecule has 1 aromatic heterocycles. The quantitative estimate of drug-likeness (QED) is 0.597. The van der Waals surface area contributed by atoms with Gasteiger partial charge >= 0.3 is 0 Å². The molecule has 0 aromatic carbocycles. The summed E-state index contributed by atoms with van der Waals surface area (Å²) in [7, 11) is 0. The predicted octanol–water partition coefficient (Wildman–Crippen LogP) is 1.18. The van der Waals surface area contributed by atoms with Crippen LogP contribution in [0.5, 0.6) is 0 Å². The van der Waals surface area contributed by atoms with Crippen molar-refractivity contribution in [1.82, 2.24) is 14.7 Å². The summed E-state index contributed by atoms with van der Waals surface area (Å²) in [5.74, 6) is 1.08. The van der Waals surface area contributed by atoms with Crippen molar-refractivity contribution in [3.05, 3.63) is 18.5 Å². The van der Waals surface area contributed by atoms with E-state index in [1.165, 1.54) is 0 Å². The molecule has 5 nitrogen and oxygen atoms in total. The van der Waals surface area contributed by atoms with Crippen molar-refractivity contribution < 1.29 is 0 Å². The van der Waals surface area contributed by atoms with Gasteiger partial charge in [0.2, 0.25) is 0 Å². The number of hydrogen-bond donors (Lipinski definition) is 1. The molecule has 0 aliphatic rings. The van der Waals surface area contributed by atoms with E-state index in [4.69, 9.17) is 5.73 Å². The third-order valence-electron chi connectivity index (χ3n) is 2.71. The molecule has 0 saturated carbocycles. The minimum atomic E-state index is 0.434. The van der Waals surface area contributed by atoms with Crippen LogP contribution in [0.3, 0.4) is 0 Å². The summed E-state index contributed by atoms with van der Waals surface area (Å²) in [6.07, 6.45) is 3.76. The minimum Gasteiger partial charge on any atom is -0.370 e. The summed E-state index contributed by atoms with van der Waals surface area (Å²) in [5, 5.41) is 4.18. The van der Waals surface area contributed by atoms with Crippen LogP contribution in [0.2, 0.25) is 0 Å². The Morgan fingerprint density at radius 2 is 2.18 bits per heavy atom. The van der Waals surface area contributed by atoms with Gasteiger partial charge in [0.25, 0.3) is 0 Å². The summed E-state index contributed by atoms with van der Waals surface area (Å²) >= 11 is 0. The Hall–Kier alpha value is -1.52. The van der Waals surface area contributed by atoms with E-state index in [0.717, 1.165) is 26.2 Å². The number of rotatable bonds is 6. The van der Waals surface area contributed by atoms with Gasteiger partial charge in [-0.15, -0.1) is 0 Å². The summed E-state index contributed by atoms with van der Waals surface area (Å²) < 4.78 is 1.92. The van der Waals surface area contributed by atoms with Crippen molar-refractivity contribution in [2.75, 3.05) is 19.6 Å². The van der Waals surface area contributed by atoms with E-state index in [1.54, 1.807) is 6.20 Å². The Morgan fingerprint density at radius 3 is 2.71 bits per heavy atom. The van der Waals surface area contributed by atoms with E-state index in [-0.39, 0.29) is 0 Å². The van der Waals surface area contributed by atoms with E-state index < -0.39 is 0 Å². The summed E-state index contributed by atoms with van der Waals surface area (Å²) in [4.78, 5) is 6.48. The smallest absolute Gasteiger partial charge is 0.191 e. The fourth-order valence-electron chi connectivity index (χ4n) is 1.68. The molecule has 96 valence electrons.